The van der Waals surface area contributed by atoms with Gasteiger partial charge >= 0.3 is 0 Å². The van der Waals surface area contributed by atoms with Gasteiger partial charge in [-0.15, -0.1) is 0 Å². The van der Waals surface area contributed by atoms with Crippen LogP contribution in [-0.4, -0.2) is 0 Å². The summed E-state index contributed by atoms with van der Waals surface area (Å²) in [5, 5.41) is 0. The highest BCUT2D eigenvalue weighted by Crippen LogP contribution is 2.18. The van der Waals surface area contributed by atoms with E-state index in [-0.39, 0.29) is 0 Å². The zero-order valence-corrected chi connectivity index (χ0v) is 6.70. The van der Waals surface area contributed by atoms with E-state index in [4.69, 9.17) is 5.73 Å². The molecule has 0 spiro atoms. The molecular weight excluding hydrogens is 178 g/mol. The fourth-order valence-corrected chi connectivity index (χ4v) is 0.891. The topological polar surface area (TPSA) is 23.8 Å². The molecule has 1 aromatic carbocycles. The van der Waals surface area contributed by atoms with Crippen molar-refractivity contribution in [2.75, 3.05) is 0 Å². The van der Waals surface area contributed by atoms with Crippen LogP contribution < -0.4 is 5.73 Å². The van der Waals surface area contributed by atoms with Gasteiger partial charge < -0.3 is 5.73 Å². The van der Waals surface area contributed by atoms with E-state index in [1.165, 1.54) is 0 Å². The molecular formula is C7H7BrN. The Labute approximate surface area is 63.0 Å². The fraction of sp³-hybridized carbons (Fsp3) is 0.143. The summed E-state index contributed by atoms with van der Waals surface area (Å²) < 4.78 is 1.07. The first-order chi connectivity index (χ1) is 4.20. The van der Waals surface area contributed by atoms with Gasteiger partial charge in [0.05, 0.1) is 5.69 Å². The Bertz CT molecular complexity index is 220. The van der Waals surface area contributed by atoms with Crippen molar-refractivity contribution in [2.24, 2.45) is 0 Å². The lowest BCUT2D eigenvalue weighted by Crippen LogP contribution is -1.74. The Morgan fingerprint density at radius 2 is 2.11 bits per heavy atom. The van der Waals surface area contributed by atoms with Crippen LogP contribution in [-0.2, 0) is 0 Å². The lowest BCUT2D eigenvalue weighted by Gasteiger charge is -1.95. The third kappa shape index (κ3) is 1.45. The summed E-state index contributed by atoms with van der Waals surface area (Å²) in [6.45, 7) is 1.97. The maximum atomic E-state index is 7.21. The molecule has 0 aliphatic heterocycles. The number of hydrogen-bond acceptors (Lipinski definition) is 0. The standard InChI is InChI=1S/C7H7BrN/c1-5-4-6(9)2-3-7(5)8/h2-4,9H,1H3. The van der Waals surface area contributed by atoms with Gasteiger partial charge in [-0.3, -0.25) is 0 Å². The second-order valence-electron chi connectivity index (χ2n) is 1.96. The Balaban J connectivity index is 3.17. The second kappa shape index (κ2) is 2.40. The lowest BCUT2D eigenvalue weighted by molar-refractivity contribution is 1.38. The van der Waals surface area contributed by atoms with Crippen LogP contribution >= 0.6 is 15.9 Å². The van der Waals surface area contributed by atoms with Crippen molar-refractivity contribution in [3.63, 3.8) is 0 Å². The number of benzene rings is 1. The number of rotatable bonds is 0. The molecule has 0 amide bonds. The Kier molecular flexibility index (Phi) is 1.76. The predicted molar refractivity (Wildman–Crippen MR) is 41.6 cm³/mol. The van der Waals surface area contributed by atoms with Gasteiger partial charge in [0.1, 0.15) is 0 Å². The molecule has 1 N–H and O–H groups in total. The molecule has 0 fully saturated rings. The van der Waals surface area contributed by atoms with Crippen molar-refractivity contribution in [3.05, 3.63) is 28.2 Å². The van der Waals surface area contributed by atoms with E-state index >= 15 is 0 Å². The summed E-state index contributed by atoms with van der Waals surface area (Å²) >= 11 is 3.35. The number of aryl methyl sites for hydroxylation is 1. The molecule has 1 nitrogen and oxygen atoms in total. The average Bonchev–Trinajstić information content (AvgIpc) is 1.80. The van der Waals surface area contributed by atoms with Gasteiger partial charge in [0.15, 0.2) is 0 Å². The summed E-state index contributed by atoms with van der Waals surface area (Å²) in [6, 6.07) is 5.47. The molecule has 0 atom stereocenters. The van der Waals surface area contributed by atoms with E-state index in [9.17, 15) is 0 Å². The molecule has 0 aromatic heterocycles. The first kappa shape index (κ1) is 6.62. The maximum absolute atomic E-state index is 7.21. The highest BCUT2D eigenvalue weighted by atomic mass is 79.9. The van der Waals surface area contributed by atoms with Gasteiger partial charge in [-0.25, -0.2) is 0 Å². The second-order valence-corrected chi connectivity index (χ2v) is 2.82. The smallest absolute Gasteiger partial charge is 0.0543 e. The summed E-state index contributed by atoms with van der Waals surface area (Å²) in [7, 11) is 0. The van der Waals surface area contributed by atoms with Gasteiger partial charge in [0.25, 0.3) is 0 Å². The zero-order chi connectivity index (χ0) is 6.85. The van der Waals surface area contributed by atoms with E-state index in [0.717, 1.165) is 10.0 Å². The van der Waals surface area contributed by atoms with Crippen molar-refractivity contribution in [1.82, 2.24) is 5.73 Å². The lowest BCUT2D eigenvalue weighted by atomic mass is 10.2. The Hall–Kier alpha value is -0.500. The molecule has 2 heteroatoms. The summed E-state index contributed by atoms with van der Waals surface area (Å²) in [5.41, 5.74) is 8.89. The van der Waals surface area contributed by atoms with Crippen LogP contribution in [0.3, 0.4) is 0 Å². The molecule has 9 heavy (non-hydrogen) atoms. The monoisotopic (exact) mass is 184 g/mol. The van der Waals surface area contributed by atoms with Crippen molar-refractivity contribution in [2.45, 2.75) is 6.92 Å². The highest BCUT2D eigenvalue weighted by molar-refractivity contribution is 9.10. The minimum absolute atomic E-state index is 0.565. The molecule has 0 bridgehead atoms. The maximum Gasteiger partial charge on any atom is 0.0543 e. The number of hydrogen-bond donors (Lipinski definition) is 0. The van der Waals surface area contributed by atoms with Gasteiger partial charge in [-0.1, -0.05) is 15.9 Å². The van der Waals surface area contributed by atoms with E-state index in [1.54, 1.807) is 6.07 Å². The zero-order valence-electron chi connectivity index (χ0n) is 5.11. The van der Waals surface area contributed by atoms with Crippen molar-refractivity contribution >= 4 is 21.6 Å². The van der Waals surface area contributed by atoms with E-state index < -0.39 is 0 Å². The average molecular weight is 185 g/mol. The van der Waals surface area contributed by atoms with Crippen LogP contribution in [0.15, 0.2) is 22.7 Å². The molecule has 1 aromatic rings. The third-order valence-corrected chi connectivity index (χ3v) is 2.05. The minimum atomic E-state index is 0.565. The summed E-state index contributed by atoms with van der Waals surface area (Å²) in [6.07, 6.45) is 0. The number of halogens is 1. The molecule has 1 rings (SSSR count). The molecule has 0 unspecified atom stereocenters. The Morgan fingerprint density at radius 1 is 1.44 bits per heavy atom. The summed E-state index contributed by atoms with van der Waals surface area (Å²) in [4.78, 5) is 0. The van der Waals surface area contributed by atoms with Gasteiger partial charge in [-0.2, -0.15) is 0 Å². The molecule has 0 aliphatic rings. The molecule has 1 radical (unpaired) electrons. The molecule has 0 saturated carbocycles. The van der Waals surface area contributed by atoms with Gasteiger partial charge in [-0.05, 0) is 30.7 Å². The summed E-state index contributed by atoms with van der Waals surface area (Å²) in [5.74, 6) is 0. The molecule has 0 heterocycles. The van der Waals surface area contributed by atoms with E-state index in [1.807, 2.05) is 19.1 Å². The molecule has 0 aliphatic carbocycles. The van der Waals surface area contributed by atoms with E-state index in [2.05, 4.69) is 15.9 Å². The molecule has 0 saturated heterocycles. The normalized spacial score (nSPS) is 9.56. The van der Waals surface area contributed by atoms with Gasteiger partial charge in [0.2, 0.25) is 0 Å². The fourth-order valence-electron chi connectivity index (χ4n) is 0.645. The van der Waals surface area contributed by atoms with Crippen LogP contribution in [0, 0.1) is 6.92 Å². The van der Waals surface area contributed by atoms with Crippen molar-refractivity contribution < 1.29 is 0 Å². The van der Waals surface area contributed by atoms with Crippen LogP contribution in [0.25, 0.3) is 0 Å². The van der Waals surface area contributed by atoms with E-state index in [0.29, 0.717) is 5.69 Å². The third-order valence-electron chi connectivity index (χ3n) is 1.16. The van der Waals surface area contributed by atoms with Crippen LogP contribution in [0.1, 0.15) is 5.56 Å². The van der Waals surface area contributed by atoms with Crippen molar-refractivity contribution in [1.29, 1.82) is 0 Å². The van der Waals surface area contributed by atoms with Crippen LogP contribution in [0.2, 0.25) is 0 Å². The molecule has 47 valence electrons. The minimum Gasteiger partial charge on any atom is -0.301 e. The van der Waals surface area contributed by atoms with Crippen molar-refractivity contribution in [3.8, 4) is 0 Å². The Morgan fingerprint density at radius 3 is 2.56 bits per heavy atom. The van der Waals surface area contributed by atoms with Crippen LogP contribution in [0.5, 0.6) is 0 Å². The SMILES string of the molecule is Cc1cc([NH])ccc1Br. The predicted octanol–water partition coefficient (Wildman–Crippen LogP) is 2.67. The first-order valence-electron chi connectivity index (χ1n) is 2.68. The quantitative estimate of drug-likeness (QED) is 0.593. The van der Waals surface area contributed by atoms with Crippen LogP contribution in [0.4, 0.5) is 5.69 Å². The largest absolute Gasteiger partial charge is 0.301 e. The van der Waals surface area contributed by atoms with Gasteiger partial charge in [0, 0.05) is 4.47 Å². The first-order valence-corrected chi connectivity index (χ1v) is 3.47. The number of nitrogens with one attached hydrogen (secondary N) is 1. The highest BCUT2D eigenvalue weighted by Gasteiger charge is 1.91.